The molecule has 0 fully saturated rings. The summed E-state index contributed by atoms with van der Waals surface area (Å²) in [6.45, 7) is 5.77. The van der Waals surface area contributed by atoms with Gasteiger partial charge in [0.25, 0.3) is 0 Å². The third kappa shape index (κ3) is 2.09. The molecular formula is C14H15NO2. The van der Waals surface area contributed by atoms with Crippen LogP contribution in [-0.2, 0) is 0 Å². The number of rotatable bonds is 1. The Bertz CT molecular complexity index is 606. The quantitative estimate of drug-likeness (QED) is 0.816. The van der Waals surface area contributed by atoms with Crippen LogP contribution in [0.3, 0.4) is 0 Å². The van der Waals surface area contributed by atoms with Gasteiger partial charge in [-0.1, -0.05) is 6.07 Å². The van der Waals surface area contributed by atoms with E-state index in [9.17, 15) is 9.90 Å². The van der Waals surface area contributed by atoms with Gasteiger partial charge in [0.1, 0.15) is 0 Å². The van der Waals surface area contributed by atoms with E-state index in [1.807, 2.05) is 30.5 Å². The van der Waals surface area contributed by atoms with Crippen molar-refractivity contribution >= 4 is 0 Å². The molecule has 17 heavy (non-hydrogen) atoms. The van der Waals surface area contributed by atoms with E-state index in [0.29, 0.717) is 5.69 Å². The fourth-order valence-corrected chi connectivity index (χ4v) is 1.99. The van der Waals surface area contributed by atoms with E-state index in [0.717, 1.165) is 16.8 Å². The van der Waals surface area contributed by atoms with Gasteiger partial charge in [-0.3, -0.25) is 4.79 Å². The van der Waals surface area contributed by atoms with Gasteiger partial charge in [0, 0.05) is 18.0 Å². The van der Waals surface area contributed by atoms with Crippen LogP contribution in [0.15, 0.2) is 35.3 Å². The van der Waals surface area contributed by atoms with Gasteiger partial charge in [-0.25, -0.2) is 0 Å². The summed E-state index contributed by atoms with van der Waals surface area (Å²) in [5, 5.41) is 9.65. The van der Waals surface area contributed by atoms with Crippen molar-refractivity contribution in [1.82, 2.24) is 4.57 Å². The molecule has 3 heteroatoms. The molecule has 0 atom stereocenters. The van der Waals surface area contributed by atoms with Gasteiger partial charge < -0.3 is 9.67 Å². The summed E-state index contributed by atoms with van der Waals surface area (Å²) >= 11 is 0. The van der Waals surface area contributed by atoms with Gasteiger partial charge in [0.05, 0.1) is 5.69 Å². The van der Waals surface area contributed by atoms with Crippen molar-refractivity contribution in [1.29, 1.82) is 0 Å². The summed E-state index contributed by atoms with van der Waals surface area (Å²) in [6, 6.07) is 7.50. The first-order valence-corrected chi connectivity index (χ1v) is 5.49. The molecule has 88 valence electrons. The van der Waals surface area contributed by atoms with Crippen molar-refractivity contribution in [2.45, 2.75) is 20.8 Å². The van der Waals surface area contributed by atoms with Crippen molar-refractivity contribution in [2.75, 3.05) is 0 Å². The summed E-state index contributed by atoms with van der Waals surface area (Å²) < 4.78 is 1.82. The molecule has 1 heterocycles. The smallest absolute Gasteiger partial charge is 0.223 e. The summed E-state index contributed by atoms with van der Waals surface area (Å²) in [6.07, 6.45) is 1.69. The lowest BCUT2D eigenvalue weighted by Gasteiger charge is -2.13. The zero-order valence-electron chi connectivity index (χ0n) is 10.2. The molecule has 1 N–H and O–H groups in total. The predicted molar refractivity (Wildman–Crippen MR) is 67.9 cm³/mol. The van der Waals surface area contributed by atoms with Crippen LogP contribution in [0, 0.1) is 20.8 Å². The zero-order chi connectivity index (χ0) is 12.6. The van der Waals surface area contributed by atoms with Crippen LogP contribution in [-0.4, -0.2) is 9.67 Å². The van der Waals surface area contributed by atoms with Gasteiger partial charge in [-0.15, -0.1) is 0 Å². The standard InChI is InChI=1S/C14H15NO2/c1-9-6-10(2)8-12(7-9)15-5-4-13(16)14(17)11(15)3/h4-8,17H,1-3H3. The molecule has 3 nitrogen and oxygen atoms in total. The monoisotopic (exact) mass is 229 g/mol. The van der Waals surface area contributed by atoms with E-state index in [1.54, 1.807) is 13.1 Å². The first-order chi connectivity index (χ1) is 7.99. The fourth-order valence-electron chi connectivity index (χ4n) is 1.99. The van der Waals surface area contributed by atoms with E-state index in [4.69, 9.17) is 0 Å². The Morgan fingerprint density at radius 3 is 2.24 bits per heavy atom. The SMILES string of the molecule is Cc1cc(C)cc(-n2ccc(=O)c(O)c2C)c1. The van der Waals surface area contributed by atoms with Crippen LogP contribution in [0.5, 0.6) is 5.75 Å². The number of hydrogen-bond donors (Lipinski definition) is 1. The normalized spacial score (nSPS) is 10.5. The minimum atomic E-state index is -0.344. The summed E-state index contributed by atoms with van der Waals surface area (Å²) in [4.78, 5) is 11.3. The number of aryl methyl sites for hydroxylation is 2. The minimum Gasteiger partial charge on any atom is -0.503 e. The lowest BCUT2D eigenvalue weighted by molar-refractivity contribution is 0.459. The van der Waals surface area contributed by atoms with Gasteiger partial charge in [-0.05, 0) is 44.0 Å². The van der Waals surface area contributed by atoms with Gasteiger partial charge >= 0.3 is 0 Å². The van der Waals surface area contributed by atoms with Crippen LogP contribution in [0.2, 0.25) is 0 Å². The zero-order valence-corrected chi connectivity index (χ0v) is 10.2. The lowest BCUT2D eigenvalue weighted by Crippen LogP contribution is -2.08. The molecule has 0 saturated carbocycles. The minimum absolute atomic E-state index is 0.188. The number of aromatic nitrogens is 1. The van der Waals surface area contributed by atoms with E-state index in [-0.39, 0.29) is 11.2 Å². The lowest BCUT2D eigenvalue weighted by atomic mass is 10.1. The summed E-state index contributed by atoms with van der Waals surface area (Å²) in [7, 11) is 0. The largest absolute Gasteiger partial charge is 0.503 e. The van der Waals surface area contributed by atoms with Crippen molar-refractivity contribution in [2.24, 2.45) is 0 Å². The molecule has 0 spiro atoms. The second-order valence-electron chi connectivity index (χ2n) is 4.33. The highest BCUT2D eigenvalue weighted by atomic mass is 16.3. The molecule has 0 amide bonds. The molecule has 0 unspecified atom stereocenters. The fraction of sp³-hybridized carbons (Fsp3) is 0.214. The van der Waals surface area contributed by atoms with Crippen LogP contribution in [0.4, 0.5) is 0 Å². The highest BCUT2D eigenvalue weighted by Gasteiger charge is 2.07. The van der Waals surface area contributed by atoms with Gasteiger partial charge in [0.15, 0.2) is 5.75 Å². The molecule has 0 aliphatic carbocycles. The predicted octanol–water partition coefficient (Wildman–Crippen LogP) is 2.47. The Kier molecular flexibility index (Phi) is 2.76. The Hall–Kier alpha value is -2.03. The Morgan fingerprint density at radius 1 is 1.06 bits per heavy atom. The molecule has 0 aliphatic heterocycles. The molecular weight excluding hydrogens is 214 g/mol. The van der Waals surface area contributed by atoms with Crippen molar-refractivity contribution < 1.29 is 5.11 Å². The average molecular weight is 229 g/mol. The Morgan fingerprint density at radius 2 is 1.65 bits per heavy atom. The van der Waals surface area contributed by atoms with Crippen molar-refractivity contribution in [3.05, 3.63) is 57.5 Å². The van der Waals surface area contributed by atoms with E-state index < -0.39 is 0 Å². The summed E-state index contributed by atoms with van der Waals surface area (Å²) in [5.41, 5.74) is 3.47. The molecule has 1 aromatic carbocycles. The number of hydrogen-bond acceptors (Lipinski definition) is 2. The van der Waals surface area contributed by atoms with E-state index in [2.05, 4.69) is 6.07 Å². The van der Waals surface area contributed by atoms with Gasteiger partial charge in [-0.2, -0.15) is 0 Å². The summed E-state index contributed by atoms with van der Waals surface area (Å²) in [5.74, 6) is -0.188. The Balaban J connectivity index is 2.69. The highest BCUT2D eigenvalue weighted by Crippen LogP contribution is 2.18. The number of benzene rings is 1. The third-order valence-corrected chi connectivity index (χ3v) is 2.80. The number of pyridine rings is 1. The Labute approximate surface area is 100.0 Å². The number of nitrogens with zero attached hydrogens (tertiary/aromatic N) is 1. The molecule has 2 aromatic rings. The van der Waals surface area contributed by atoms with Gasteiger partial charge in [0.2, 0.25) is 5.43 Å². The van der Waals surface area contributed by atoms with Crippen LogP contribution in [0.1, 0.15) is 16.8 Å². The van der Waals surface area contributed by atoms with Crippen molar-refractivity contribution in [3.8, 4) is 11.4 Å². The van der Waals surface area contributed by atoms with E-state index in [1.165, 1.54) is 6.07 Å². The maximum Gasteiger partial charge on any atom is 0.223 e. The topological polar surface area (TPSA) is 42.2 Å². The van der Waals surface area contributed by atoms with Crippen LogP contribution >= 0.6 is 0 Å². The maximum atomic E-state index is 11.3. The first kappa shape index (κ1) is 11.5. The number of aromatic hydroxyl groups is 1. The second-order valence-corrected chi connectivity index (χ2v) is 4.33. The highest BCUT2D eigenvalue weighted by molar-refractivity contribution is 5.43. The van der Waals surface area contributed by atoms with Crippen LogP contribution in [0.25, 0.3) is 5.69 Å². The molecule has 0 bridgehead atoms. The second kappa shape index (κ2) is 4.09. The van der Waals surface area contributed by atoms with Crippen LogP contribution < -0.4 is 5.43 Å². The maximum absolute atomic E-state index is 11.3. The van der Waals surface area contributed by atoms with E-state index >= 15 is 0 Å². The molecule has 0 aliphatic rings. The molecule has 1 aromatic heterocycles. The third-order valence-electron chi connectivity index (χ3n) is 2.80. The average Bonchev–Trinajstić information content (AvgIpc) is 2.24. The molecule has 2 rings (SSSR count). The molecule has 0 saturated heterocycles. The molecule has 0 radical (unpaired) electrons. The first-order valence-electron chi connectivity index (χ1n) is 5.49. The van der Waals surface area contributed by atoms with Crippen molar-refractivity contribution in [3.63, 3.8) is 0 Å².